The van der Waals surface area contributed by atoms with E-state index in [1.807, 2.05) is 24.0 Å². The minimum Gasteiger partial charge on any atom is -0.353 e. The molecule has 0 aliphatic carbocycles. The summed E-state index contributed by atoms with van der Waals surface area (Å²) in [5, 5.41) is 8.03. The van der Waals surface area contributed by atoms with Crippen LogP contribution >= 0.6 is 12.4 Å². The standard InChI is InChI=1S/C14H23N5O.ClH/c1-2-5-12(15)14(20)19-9-4-8-18(10-11-19)13-6-3-7-16-17-13;/h3,6-7,12H,2,4-5,8-11,15H2,1H3;1H. The fraction of sp³-hybridized carbons (Fsp3) is 0.643. The van der Waals surface area contributed by atoms with Crippen molar-refractivity contribution in [2.24, 2.45) is 5.73 Å². The maximum absolute atomic E-state index is 12.2. The third kappa shape index (κ3) is 4.82. The monoisotopic (exact) mass is 313 g/mol. The van der Waals surface area contributed by atoms with Crippen LogP contribution in [0.3, 0.4) is 0 Å². The molecule has 0 bridgehead atoms. The highest BCUT2D eigenvalue weighted by Gasteiger charge is 2.23. The van der Waals surface area contributed by atoms with Crippen molar-refractivity contribution in [3.05, 3.63) is 18.3 Å². The average molecular weight is 314 g/mol. The molecule has 1 atom stereocenters. The van der Waals surface area contributed by atoms with E-state index in [0.29, 0.717) is 6.54 Å². The number of carbonyl (C=O) groups excluding carboxylic acids is 1. The van der Waals surface area contributed by atoms with Gasteiger partial charge in [-0.25, -0.2) is 0 Å². The fourth-order valence-corrected chi connectivity index (χ4v) is 2.50. The van der Waals surface area contributed by atoms with Crippen molar-refractivity contribution >= 4 is 24.1 Å². The molecular weight excluding hydrogens is 290 g/mol. The summed E-state index contributed by atoms with van der Waals surface area (Å²) in [6, 6.07) is 3.48. The Hall–Kier alpha value is -1.40. The number of anilines is 1. The lowest BCUT2D eigenvalue weighted by atomic mass is 10.1. The first kappa shape index (κ1) is 17.7. The highest BCUT2D eigenvalue weighted by molar-refractivity contribution is 5.85. The highest BCUT2D eigenvalue weighted by Crippen LogP contribution is 2.13. The summed E-state index contributed by atoms with van der Waals surface area (Å²) in [5.41, 5.74) is 5.93. The van der Waals surface area contributed by atoms with Crippen LogP contribution in [0.5, 0.6) is 0 Å². The van der Waals surface area contributed by atoms with Crippen LogP contribution in [0.15, 0.2) is 18.3 Å². The number of nitrogens with zero attached hydrogens (tertiary/aromatic N) is 4. The van der Waals surface area contributed by atoms with Gasteiger partial charge in [0.1, 0.15) is 0 Å². The van der Waals surface area contributed by atoms with E-state index in [-0.39, 0.29) is 24.4 Å². The molecule has 1 aliphatic heterocycles. The van der Waals surface area contributed by atoms with Crippen LogP contribution in [0.1, 0.15) is 26.2 Å². The molecule has 1 aliphatic rings. The first-order valence-corrected chi connectivity index (χ1v) is 7.29. The number of rotatable bonds is 4. The van der Waals surface area contributed by atoms with E-state index in [0.717, 1.165) is 44.7 Å². The third-order valence-corrected chi connectivity index (χ3v) is 3.61. The predicted molar refractivity (Wildman–Crippen MR) is 85.6 cm³/mol. The van der Waals surface area contributed by atoms with Crippen molar-refractivity contribution in [2.75, 3.05) is 31.1 Å². The Bertz CT molecular complexity index is 431. The normalized spacial score (nSPS) is 16.9. The van der Waals surface area contributed by atoms with Crippen LogP contribution in [-0.4, -0.2) is 53.2 Å². The van der Waals surface area contributed by atoms with Gasteiger partial charge in [-0.3, -0.25) is 4.79 Å². The van der Waals surface area contributed by atoms with Gasteiger partial charge in [0, 0.05) is 32.4 Å². The van der Waals surface area contributed by atoms with Crippen LogP contribution in [0, 0.1) is 0 Å². The summed E-state index contributed by atoms with van der Waals surface area (Å²) in [7, 11) is 0. The van der Waals surface area contributed by atoms with Gasteiger partial charge in [0.25, 0.3) is 0 Å². The van der Waals surface area contributed by atoms with Gasteiger partial charge >= 0.3 is 0 Å². The molecule has 0 spiro atoms. The largest absolute Gasteiger partial charge is 0.353 e. The van der Waals surface area contributed by atoms with Crippen molar-refractivity contribution in [2.45, 2.75) is 32.2 Å². The van der Waals surface area contributed by atoms with E-state index >= 15 is 0 Å². The molecule has 1 aromatic rings. The molecule has 0 radical (unpaired) electrons. The van der Waals surface area contributed by atoms with Crippen molar-refractivity contribution in [3.63, 3.8) is 0 Å². The van der Waals surface area contributed by atoms with E-state index in [4.69, 9.17) is 5.73 Å². The molecule has 7 heteroatoms. The molecular formula is C14H24ClN5O. The first-order chi connectivity index (χ1) is 9.72. The van der Waals surface area contributed by atoms with E-state index in [9.17, 15) is 4.79 Å². The zero-order chi connectivity index (χ0) is 14.4. The van der Waals surface area contributed by atoms with Gasteiger partial charge in [0.05, 0.1) is 6.04 Å². The quantitative estimate of drug-likeness (QED) is 0.899. The van der Waals surface area contributed by atoms with Crippen LogP contribution in [0.2, 0.25) is 0 Å². The van der Waals surface area contributed by atoms with Gasteiger partial charge in [0.2, 0.25) is 5.91 Å². The lowest BCUT2D eigenvalue weighted by Crippen LogP contribution is -2.45. The second kappa shape index (κ2) is 8.79. The minimum atomic E-state index is -0.358. The van der Waals surface area contributed by atoms with Crippen LogP contribution in [-0.2, 0) is 4.79 Å². The average Bonchev–Trinajstić information content (AvgIpc) is 2.73. The van der Waals surface area contributed by atoms with Crippen molar-refractivity contribution < 1.29 is 4.79 Å². The Kier molecular flexibility index (Phi) is 7.39. The van der Waals surface area contributed by atoms with Gasteiger partial charge in [-0.05, 0) is 25.0 Å². The summed E-state index contributed by atoms with van der Waals surface area (Å²) in [4.78, 5) is 16.3. The zero-order valence-electron chi connectivity index (χ0n) is 12.4. The number of halogens is 1. The van der Waals surface area contributed by atoms with Gasteiger partial charge in [-0.15, -0.1) is 17.5 Å². The molecule has 2 N–H and O–H groups in total. The number of aromatic nitrogens is 2. The molecule has 1 fully saturated rings. The molecule has 2 rings (SSSR count). The van der Waals surface area contributed by atoms with Crippen LogP contribution < -0.4 is 10.6 Å². The molecule has 0 aromatic carbocycles. The molecule has 1 aromatic heterocycles. The van der Waals surface area contributed by atoms with Crippen molar-refractivity contribution in [1.29, 1.82) is 0 Å². The Morgan fingerprint density at radius 3 is 2.86 bits per heavy atom. The second-order valence-electron chi connectivity index (χ2n) is 5.14. The van der Waals surface area contributed by atoms with E-state index in [2.05, 4.69) is 15.1 Å². The van der Waals surface area contributed by atoms with Crippen molar-refractivity contribution in [3.8, 4) is 0 Å². The molecule has 6 nitrogen and oxygen atoms in total. The molecule has 1 saturated heterocycles. The van der Waals surface area contributed by atoms with Gasteiger partial charge < -0.3 is 15.5 Å². The predicted octanol–water partition coefficient (Wildman–Crippen LogP) is 1.06. The smallest absolute Gasteiger partial charge is 0.239 e. The summed E-state index contributed by atoms with van der Waals surface area (Å²) in [5.74, 6) is 0.951. The molecule has 1 unspecified atom stereocenters. The fourth-order valence-electron chi connectivity index (χ4n) is 2.50. The summed E-state index contributed by atoms with van der Waals surface area (Å²) < 4.78 is 0. The Balaban J connectivity index is 0.00000220. The van der Waals surface area contributed by atoms with Gasteiger partial charge in [0.15, 0.2) is 5.82 Å². The Morgan fingerprint density at radius 1 is 1.38 bits per heavy atom. The number of amides is 1. The molecule has 0 saturated carbocycles. The maximum Gasteiger partial charge on any atom is 0.239 e. The van der Waals surface area contributed by atoms with E-state index < -0.39 is 0 Å². The van der Waals surface area contributed by atoms with Crippen LogP contribution in [0.25, 0.3) is 0 Å². The topological polar surface area (TPSA) is 75.4 Å². The lowest BCUT2D eigenvalue weighted by Gasteiger charge is -2.24. The summed E-state index contributed by atoms with van der Waals surface area (Å²) in [6.45, 7) is 5.19. The summed E-state index contributed by atoms with van der Waals surface area (Å²) in [6.07, 6.45) is 4.29. The number of hydrogen-bond donors (Lipinski definition) is 1. The second-order valence-corrected chi connectivity index (χ2v) is 5.14. The maximum atomic E-state index is 12.2. The lowest BCUT2D eigenvalue weighted by molar-refractivity contribution is -0.132. The van der Waals surface area contributed by atoms with Gasteiger partial charge in [-0.1, -0.05) is 13.3 Å². The van der Waals surface area contributed by atoms with Gasteiger partial charge in [-0.2, -0.15) is 5.10 Å². The minimum absolute atomic E-state index is 0. The van der Waals surface area contributed by atoms with Crippen LogP contribution in [0.4, 0.5) is 5.82 Å². The van der Waals surface area contributed by atoms with E-state index in [1.165, 1.54) is 0 Å². The van der Waals surface area contributed by atoms with E-state index in [1.54, 1.807) is 6.20 Å². The number of nitrogens with two attached hydrogens (primary N) is 1. The molecule has 2 heterocycles. The Labute approximate surface area is 132 Å². The van der Waals surface area contributed by atoms with Crippen molar-refractivity contribution in [1.82, 2.24) is 15.1 Å². The Morgan fingerprint density at radius 2 is 2.19 bits per heavy atom. The summed E-state index contributed by atoms with van der Waals surface area (Å²) >= 11 is 0. The SMILES string of the molecule is CCCC(N)C(=O)N1CCCN(c2cccnn2)CC1.Cl. The zero-order valence-corrected chi connectivity index (χ0v) is 13.3. The first-order valence-electron chi connectivity index (χ1n) is 7.29. The number of carbonyl (C=O) groups is 1. The number of hydrogen-bond acceptors (Lipinski definition) is 5. The molecule has 21 heavy (non-hydrogen) atoms. The highest BCUT2D eigenvalue weighted by atomic mass is 35.5. The molecule has 118 valence electrons. The molecule has 1 amide bonds. The third-order valence-electron chi connectivity index (χ3n) is 3.61.